The van der Waals surface area contributed by atoms with Gasteiger partial charge in [-0.05, 0) is 30.3 Å². The molecular weight excluding hydrogens is 338 g/mol. The summed E-state index contributed by atoms with van der Waals surface area (Å²) in [5.74, 6) is 0. The van der Waals surface area contributed by atoms with Crippen molar-refractivity contribution in [3.8, 4) is 17.8 Å². The van der Waals surface area contributed by atoms with Crippen molar-refractivity contribution in [3.63, 3.8) is 0 Å². The number of nitrogens with zero attached hydrogens (tertiary/aromatic N) is 5. The first-order valence-electron chi connectivity index (χ1n) is 8.35. The third kappa shape index (κ3) is 1.60. The van der Waals surface area contributed by atoms with Crippen molar-refractivity contribution < 1.29 is 4.42 Å². The van der Waals surface area contributed by atoms with Gasteiger partial charge >= 0.3 is 0 Å². The third-order valence-corrected chi connectivity index (χ3v) is 5.07. The van der Waals surface area contributed by atoms with E-state index in [2.05, 4.69) is 23.3 Å². The van der Waals surface area contributed by atoms with Gasteiger partial charge in [0.05, 0.1) is 51.4 Å². The average Bonchev–Trinajstić information content (AvgIpc) is 3.41. The maximum atomic E-state index is 9.36. The number of fused-ring (bicyclic) bond motifs is 3. The van der Waals surface area contributed by atoms with Crippen LogP contribution in [0.25, 0.3) is 44.1 Å². The molecule has 124 valence electrons. The van der Waals surface area contributed by atoms with Gasteiger partial charge in [0.25, 0.3) is 0 Å². The van der Waals surface area contributed by atoms with Crippen molar-refractivity contribution >= 4 is 38.4 Å². The molecule has 6 aromatic rings. The molecule has 0 amide bonds. The van der Waals surface area contributed by atoms with E-state index >= 15 is 0 Å². The molecule has 4 aromatic heterocycles. The fraction of sp³-hybridized carbons (Fsp3) is 0. The lowest BCUT2D eigenvalue weighted by Crippen LogP contribution is -1.95. The summed E-state index contributed by atoms with van der Waals surface area (Å²) in [4.78, 5) is 0. The predicted octanol–water partition coefficient (Wildman–Crippen LogP) is 4.36. The highest BCUT2D eigenvalue weighted by atomic mass is 16.3. The van der Waals surface area contributed by atoms with E-state index in [-0.39, 0.29) is 0 Å². The lowest BCUT2D eigenvalue weighted by Gasteiger charge is -2.08. The molecule has 6 rings (SSSR count). The zero-order valence-corrected chi connectivity index (χ0v) is 13.8. The average molecular weight is 347 g/mol. The molecule has 0 saturated carbocycles. The lowest BCUT2D eigenvalue weighted by molar-refractivity contribution is 0.591. The van der Waals surface area contributed by atoms with Crippen LogP contribution in [0.15, 0.2) is 59.3 Å². The Bertz CT molecular complexity index is 1570. The number of aromatic nitrogens is 3. The molecule has 4 heterocycles. The van der Waals surface area contributed by atoms with Crippen LogP contribution in [-0.4, -0.2) is 14.2 Å². The maximum absolute atomic E-state index is 9.36. The molecule has 0 atom stereocenters. The van der Waals surface area contributed by atoms with Crippen LogP contribution in [0, 0.1) is 22.7 Å². The van der Waals surface area contributed by atoms with Gasteiger partial charge in [-0.25, -0.2) is 0 Å². The Morgan fingerprint density at radius 3 is 2.48 bits per heavy atom. The fourth-order valence-electron chi connectivity index (χ4n) is 4.04. The summed E-state index contributed by atoms with van der Waals surface area (Å²) in [5.41, 5.74) is 5.20. The minimum atomic E-state index is 0.446. The Hall–Kier alpha value is -4.29. The Balaban J connectivity index is 1.87. The van der Waals surface area contributed by atoms with E-state index in [1.807, 2.05) is 22.8 Å². The molecule has 6 nitrogen and oxygen atoms in total. The Morgan fingerprint density at radius 2 is 1.70 bits per heavy atom. The van der Waals surface area contributed by atoms with Crippen LogP contribution in [-0.2, 0) is 0 Å². The van der Waals surface area contributed by atoms with Crippen molar-refractivity contribution in [2.45, 2.75) is 0 Å². The highest BCUT2D eigenvalue weighted by molar-refractivity contribution is 6.25. The number of furan rings is 1. The monoisotopic (exact) mass is 347 g/mol. The maximum Gasteiger partial charge on any atom is 0.230 e. The van der Waals surface area contributed by atoms with Crippen LogP contribution < -0.4 is 0 Å². The normalized spacial score (nSPS) is 11.6. The van der Waals surface area contributed by atoms with Gasteiger partial charge in [-0.3, -0.25) is 0 Å². The van der Waals surface area contributed by atoms with Crippen LogP contribution in [0.5, 0.6) is 0 Å². The molecule has 6 heteroatoms. The van der Waals surface area contributed by atoms with Gasteiger partial charge in [0.15, 0.2) is 0 Å². The van der Waals surface area contributed by atoms with Gasteiger partial charge in [-0.15, -0.1) is 0 Å². The lowest BCUT2D eigenvalue weighted by atomic mass is 10.1. The van der Waals surface area contributed by atoms with Crippen LogP contribution in [0.4, 0.5) is 0 Å². The number of pyridine rings is 1. The molecule has 0 bridgehead atoms. The zero-order valence-electron chi connectivity index (χ0n) is 13.8. The van der Waals surface area contributed by atoms with E-state index in [0.717, 1.165) is 38.4 Å². The summed E-state index contributed by atoms with van der Waals surface area (Å²) in [6.07, 6.45) is 3.47. The van der Waals surface area contributed by atoms with Gasteiger partial charge < -0.3 is 8.98 Å². The molecule has 0 fully saturated rings. The highest BCUT2D eigenvalue weighted by Gasteiger charge is 2.23. The molecule has 27 heavy (non-hydrogen) atoms. The number of rotatable bonds is 1. The number of hydrogen-bond acceptors (Lipinski definition) is 4. The first-order valence-corrected chi connectivity index (χ1v) is 8.35. The molecule has 2 aromatic carbocycles. The van der Waals surface area contributed by atoms with Gasteiger partial charge in [0.1, 0.15) is 6.26 Å². The minimum Gasteiger partial charge on any atom is -0.444 e. The van der Waals surface area contributed by atoms with Crippen molar-refractivity contribution in [3.05, 3.63) is 66.1 Å². The van der Waals surface area contributed by atoms with Crippen LogP contribution in [0.3, 0.4) is 0 Å². The van der Waals surface area contributed by atoms with Crippen molar-refractivity contribution in [2.75, 3.05) is 0 Å². The molecule has 0 saturated heterocycles. The van der Waals surface area contributed by atoms with Crippen LogP contribution in [0.1, 0.15) is 11.1 Å². The van der Waals surface area contributed by atoms with Gasteiger partial charge in [-0.1, -0.05) is 12.1 Å². The Kier molecular flexibility index (Phi) is 2.40. The van der Waals surface area contributed by atoms with Gasteiger partial charge in [-0.2, -0.15) is 20.1 Å². The van der Waals surface area contributed by atoms with E-state index in [4.69, 9.17) is 4.42 Å². The van der Waals surface area contributed by atoms with E-state index in [1.54, 1.807) is 35.2 Å². The van der Waals surface area contributed by atoms with Crippen molar-refractivity contribution in [1.29, 1.82) is 10.5 Å². The van der Waals surface area contributed by atoms with E-state index in [1.165, 1.54) is 0 Å². The van der Waals surface area contributed by atoms with Gasteiger partial charge in [0, 0.05) is 16.5 Å². The standard InChI is InChI=1S/C21H9N5O/c22-9-12-6-13(10-23)8-14(7-12)25-17-3-1-2-15-16-4-5-24-26(16)21-20(19(15)17)18(25)11-27-21/h1-8,11H. The minimum absolute atomic E-state index is 0.446. The Labute approximate surface area is 152 Å². The summed E-state index contributed by atoms with van der Waals surface area (Å²) in [6.45, 7) is 0. The molecule has 0 aliphatic carbocycles. The van der Waals surface area contributed by atoms with E-state index in [0.29, 0.717) is 16.8 Å². The summed E-state index contributed by atoms with van der Waals surface area (Å²) in [7, 11) is 0. The molecule has 0 radical (unpaired) electrons. The molecule has 0 aliphatic heterocycles. The summed E-state index contributed by atoms with van der Waals surface area (Å²) < 4.78 is 9.71. The quantitative estimate of drug-likeness (QED) is 0.442. The number of nitriles is 2. The molecule has 0 N–H and O–H groups in total. The summed E-state index contributed by atoms with van der Waals surface area (Å²) in [6, 6.07) is 17.5. The molecule has 0 unspecified atom stereocenters. The summed E-state index contributed by atoms with van der Waals surface area (Å²) in [5, 5.41) is 26.3. The topological polar surface area (TPSA) is 83.0 Å². The largest absolute Gasteiger partial charge is 0.444 e. The molecular formula is C21H9N5O. The second-order valence-corrected chi connectivity index (χ2v) is 6.46. The van der Waals surface area contributed by atoms with Crippen LogP contribution >= 0.6 is 0 Å². The van der Waals surface area contributed by atoms with E-state index < -0.39 is 0 Å². The van der Waals surface area contributed by atoms with Crippen molar-refractivity contribution in [2.24, 2.45) is 0 Å². The zero-order chi connectivity index (χ0) is 18.1. The SMILES string of the molecule is N#Cc1cc(C#N)cc(-n2c3cccc4c3c3c2coc3n2nccc42)c1. The second-order valence-electron chi connectivity index (χ2n) is 6.46. The summed E-state index contributed by atoms with van der Waals surface area (Å²) >= 11 is 0. The number of benzene rings is 2. The number of hydrogen-bond donors (Lipinski definition) is 0. The first-order chi connectivity index (χ1) is 13.3. The van der Waals surface area contributed by atoms with Crippen molar-refractivity contribution in [1.82, 2.24) is 14.2 Å². The van der Waals surface area contributed by atoms with Gasteiger partial charge in [0.2, 0.25) is 5.71 Å². The van der Waals surface area contributed by atoms with Crippen LogP contribution in [0.2, 0.25) is 0 Å². The third-order valence-electron chi connectivity index (χ3n) is 5.07. The molecule has 0 aliphatic rings. The predicted molar refractivity (Wildman–Crippen MR) is 99.9 cm³/mol. The smallest absolute Gasteiger partial charge is 0.230 e. The molecule has 0 spiro atoms. The van der Waals surface area contributed by atoms with E-state index in [9.17, 15) is 10.5 Å². The first kappa shape index (κ1) is 13.9. The fourth-order valence-corrected chi connectivity index (χ4v) is 4.04. The second kappa shape index (κ2) is 4.66. The Morgan fingerprint density at radius 1 is 0.889 bits per heavy atom. The highest BCUT2D eigenvalue weighted by Crippen LogP contribution is 2.41.